The van der Waals surface area contributed by atoms with Crippen molar-refractivity contribution in [1.29, 1.82) is 0 Å². The van der Waals surface area contributed by atoms with Gasteiger partial charge >= 0.3 is 0 Å². The zero-order valence-electron chi connectivity index (χ0n) is 15.1. The number of carbonyl (C=O) groups is 1. The Morgan fingerprint density at radius 1 is 1.19 bits per heavy atom. The van der Waals surface area contributed by atoms with Gasteiger partial charge in [-0.2, -0.15) is 0 Å². The molecule has 0 spiro atoms. The number of halogens is 1. The third-order valence-corrected chi connectivity index (χ3v) is 5.05. The first-order valence-electron chi connectivity index (χ1n) is 8.57. The second kappa shape index (κ2) is 9.80. The van der Waals surface area contributed by atoms with Crippen LogP contribution in [0.1, 0.15) is 22.6 Å². The Balaban J connectivity index is 0.00000243. The molecule has 1 aromatic carbocycles. The first kappa shape index (κ1) is 20.6. The van der Waals surface area contributed by atoms with Crippen LogP contribution in [0.15, 0.2) is 30.3 Å². The summed E-state index contributed by atoms with van der Waals surface area (Å²) in [6.07, 6.45) is 1.33. The predicted octanol–water partition coefficient (Wildman–Crippen LogP) is 3.78. The van der Waals surface area contributed by atoms with Crippen molar-refractivity contribution in [1.82, 2.24) is 5.32 Å². The van der Waals surface area contributed by atoms with Crippen molar-refractivity contribution in [3.63, 3.8) is 0 Å². The maximum atomic E-state index is 12.8. The number of hydrogen-bond donors (Lipinski definition) is 1. The normalized spacial score (nSPS) is 12.4. The van der Waals surface area contributed by atoms with Crippen molar-refractivity contribution < 1.29 is 14.3 Å². The van der Waals surface area contributed by atoms with Gasteiger partial charge in [-0.05, 0) is 51.2 Å². The van der Waals surface area contributed by atoms with E-state index in [0.29, 0.717) is 31.9 Å². The third-order valence-electron chi connectivity index (χ3n) is 4.07. The summed E-state index contributed by atoms with van der Waals surface area (Å²) in [5.41, 5.74) is 0.852. The van der Waals surface area contributed by atoms with Crippen molar-refractivity contribution in [2.24, 2.45) is 0 Å². The van der Waals surface area contributed by atoms with Gasteiger partial charge in [0, 0.05) is 27.9 Å². The molecule has 0 radical (unpaired) electrons. The molecule has 2 aromatic rings. The molecule has 1 aliphatic rings. The fourth-order valence-electron chi connectivity index (χ4n) is 2.80. The lowest BCUT2D eigenvalue weighted by Crippen LogP contribution is -2.30. The molecule has 5 nitrogen and oxygen atoms in total. The Labute approximate surface area is 164 Å². The second-order valence-electron chi connectivity index (χ2n) is 6.03. The molecule has 7 heteroatoms. The number of nitrogens with zero attached hydrogens (tertiary/aromatic N) is 1. The van der Waals surface area contributed by atoms with E-state index in [1.165, 1.54) is 9.75 Å². The highest BCUT2D eigenvalue weighted by molar-refractivity contribution is 7.11. The van der Waals surface area contributed by atoms with E-state index in [1.54, 1.807) is 11.3 Å². The van der Waals surface area contributed by atoms with Gasteiger partial charge in [-0.25, -0.2) is 0 Å². The number of ether oxygens (including phenoxy) is 2. The largest absolute Gasteiger partial charge is 0.486 e. The van der Waals surface area contributed by atoms with E-state index in [4.69, 9.17) is 9.47 Å². The Morgan fingerprint density at radius 2 is 1.96 bits per heavy atom. The van der Waals surface area contributed by atoms with E-state index in [0.717, 1.165) is 24.4 Å². The van der Waals surface area contributed by atoms with Crippen LogP contribution in [0.3, 0.4) is 0 Å². The van der Waals surface area contributed by atoms with Gasteiger partial charge in [-0.1, -0.05) is 0 Å². The maximum Gasteiger partial charge on any atom is 0.227 e. The average molecular weight is 397 g/mol. The third kappa shape index (κ3) is 5.13. The maximum absolute atomic E-state index is 12.8. The van der Waals surface area contributed by atoms with Crippen LogP contribution >= 0.6 is 23.7 Å². The molecular weight excluding hydrogens is 372 g/mol. The molecule has 0 saturated heterocycles. The van der Waals surface area contributed by atoms with Gasteiger partial charge in [-0.15, -0.1) is 23.7 Å². The molecule has 1 N–H and O–H groups in total. The second-order valence-corrected chi connectivity index (χ2v) is 7.40. The first-order chi connectivity index (χ1) is 12.2. The molecule has 0 fully saturated rings. The lowest BCUT2D eigenvalue weighted by molar-refractivity contribution is -0.118. The molecule has 1 amide bonds. The summed E-state index contributed by atoms with van der Waals surface area (Å²) in [7, 11) is 1.90. The zero-order valence-corrected chi connectivity index (χ0v) is 16.8. The first-order valence-corrected chi connectivity index (χ1v) is 9.39. The fourth-order valence-corrected chi connectivity index (χ4v) is 3.68. The van der Waals surface area contributed by atoms with Crippen LogP contribution in [0.4, 0.5) is 5.69 Å². The van der Waals surface area contributed by atoms with Crippen LogP contribution in [0, 0.1) is 6.92 Å². The van der Waals surface area contributed by atoms with Gasteiger partial charge in [0.25, 0.3) is 0 Å². The number of rotatable bonds is 7. The number of aryl methyl sites for hydroxylation is 1. The topological polar surface area (TPSA) is 50.8 Å². The number of fused-ring (bicyclic) bond motifs is 1. The van der Waals surface area contributed by atoms with E-state index < -0.39 is 0 Å². The van der Waals surface area contributed by atoms with Gasteiger partial charge in [-0.3, -0.25) is 4.79 Å². The van der Waals surface area contributed by atoms with Crippen LogP contribution in [0.2, 0.25) is 0 Å². The highest BCUT2D eigenvalue weighted by atomic mass is 35.5. The van der Waals surface area contributed by atoms with Crippen molar-refractivity contribution >= 4 is 35.3 Å². The predicted molar refractivity (Wildman–Crippen MR) is 108 cm³/mol. The van der Waals surface area contributed by atoms with E-state index >= 15 is 0 Å². The molecule has 2 heterocycles. The van der Waals surface area contributed by atoms with E-state index in [1.807, 2.05) is 30.1 Å². The summed E-state index contributed by atoms with van der Waals surface area (Å²) in [5.74, 6) is 1.57. The van der Waals surface area contributed by atoms with Crippen LogP contribution in [0.5, 0.6) is 11.5 Å². The molecule has 3 rings (SSSR count). The van der Waals surface area contributed by atoms with Crippen LogP contribution in [-0.2, 0) is 11.3 Å². The Bertz CT molecular complexity index is 735. The highest BCUT2D eigenvalue weighted by Gasteiger charge is 2.20. The van der Waals surface area contributed by atoms with Crippen LogP contribution in [0.25, 0.3) is 0 Å². The fraction of sp³-hybridized carbons (Fsp3) is 0.421. The molecule has 1 aromatic heterocycles. The highest BCUT2D eigenvalue weighted by Crippen LogP contribution is 2.35. The van der Waals surface area contributed by atoms with E-state index in [-0.39, 0.29) is 18.3 Å². The molecule has 0 atom stereocenters. The Morgan fingerprint density at radius 3 is 2.65 bits per heavy atom. The van der Waals surface area contributed by atoms with Crippen molar-refractivity contribution in [3.8, 4) is 11.5 Å². The number of carbonyl (C=O) groups excluding carboxylic acids is 1. The lowest BCUT2D eigenvalue weighted by Gasteiger charge is -2.25. The number of amides is 1. The van der Waals surface area contributed by atoms with Crippen molar-refractivity contribution in [2.45, 2.75) is 26.3 Å². The Kier molecular flexibility index (Phi) is 7.75. The van der Waals surface area contributed by atoms with Crippen LogP contribution < -0.4 is 19.7 Å². The quantitative estimate of drug-likeness (QED) is 0.723. The SMILES string of the molecule is CNCCCC(=O)N(Cc1ccc(C)s1)c1ccc2c(c1)OCCO2.Cl. The zero-order chi connectivity index (χ0) is 17.6. The molecular formula is C19H25ClN2O3S. The van der Waals surface area contributed by atoms with Crippen molar-refractivity contribution in [2.75, 3.05) is 31.7 Å². The number of anilines is 1. The van der Waals surface area contributed by atoms with Crippen LogP contribution in [-0.4, -0.2) is 32.7 Å². The molecule has 0 aliphatic carbocycles. The van der Waals surface area contributed by atoms with Gasteiger partial charge in [0.2, 0.25) is 5.91 Å². The number of thiophene rings is 1. The molecule has 0 bridgehead atoms. The Hall–Kier alpha value is -1.76. The number of benzene rings is 1. The minimum Gasteiger partial charge on any atom is -0.486 e. The molecule has 0 unspecified atom stereocenters. The van der Waals surface area contributed by atoms with Gasteiger partial charge < -0.3 is 19.7 Å². The molecule has 26 heavy (non-hydrogen) atoms. The van der Waals surface area contributed by atoms with Gasteiger partial charge in [0.05, 0.1) is 6.54 Å². The molecule has 0 saturated carbocycles. The summed E-state index contributed by atoms with van der Waals surface area (Å²) in [6, 6.07) is 9.91. The summed E-state index contributed by atoms with van der Waals surface area (Å²) in [6.45, 7) is 4.59. The molecule has 142 valence electrons. The number of hydrogen-bond acceptors (Lipinski definition) is 5. The van der Waals surface area contributed by atoms with E-state index in [2.05, 4.69) is 24.4 Å². The summed E-state index contributed by atoms with van der Waals surface area (Å²) < 4.78 is 11.3. The smallest absolute Gasteiger partial charge is 0.227 e. The lowest BCUT2D eigenvalue weighted by atomic mass is 10.2. The minimum absolute atomic E-state index is 0. The minimum atomic E-state index is 0. The summed E-state index contributed by atoms with van der Waals surface area (Å²) in [4.78, 5) is 17.1. The standard InChI is InChI=1S/C19H24N2O3S.ClH/c1-14-5-7-16(25-14)13-21(19(22)4-3-9-20-2)15-6-8-17-18(12-15)24-11-10-23-17;/h5-8,12,20H,3-4,9-11,13H2,1-2H3;1H. The molecule has 1 aliphatic heterocycles. The van der Waals surface area contributed by atoms with Gasteiger partial charge in [0.1, 0.15) is 13.2 Å². The van der Waals surface area contributed by atoms with E-state index in [9.17, 15) is 4.79 Å². The monoisotopic (exact) mass is 396 g/mol. The van der Waals surface area contributed by atoms with Crippen molar-refractivity contribution in [3.05, 3.63) is 40.1 Å². The number of nitrogens with one attached hydrogen (secondary N) is 1. The average Bonchev–Trinajstić information content (AvgIpc) is 3.04. The summed E-state index contributed by atoms with van der Waals surface area (Å²) >= 11 is 1.72. The summed E-state index contributed by atoms with van der Waals surface area (Å²) in [5, 5.41) is 3.09. The van der Waals surface area contributed by atoms with Gasteiger partial charge in [0.15, 0.2) is 11.5 Å².